The van der Waals surface area contributed by atoms with Crippen LogP contribution < -0.4 is 9.62 Å². The summed E-state index contributed by atoms with van der Waals surface area (Å²) in [5.74, 6) is -3.02. The van der Waals surface area contributed by atoms with Gasteiger partial charge in [-0.2, -0.15) is 0 Å². The molecule has 0 aliphatic heterocycles. The second kappa shape index (κ2) is 12.5. The third-order valence-corrected chi connectivity index (χ3v) is 7.25. The van der Waals surface area contributed by atoms with Crippen molar-refractivity contribution in [1.29, 1.82) is 0 Å². The van der Waals surface area contributed by atoms with Crippen LogP contribution in [0, 0.1) is 11.6 Å². The molecule has 0 spiro atoms. The van der Waals surface area contributed by atoms with Crippen molar-refractivity contribution in [1.82, 2.24) is 10.2 Å². The maximum Gasteiger partial charge on any atom is 0.242 e. The van der Waals surface area contributed by atoms with Gasteiger partial charge in [-0.15, -0.1) is 0 Å². The minimum atomic E-state index is -3.83. The van der Waals surface area contributed by atoms with E-state index in [-0.39, 0.29) is 43.4 Å². The monoisotopic (exact) mass is 549 g/mol. The molecule has 7 nitrogen and oxygen atoms in total. The van der Waals surface area contributed by atoms with Gasteiger partial charge in [0.15, 0.2) is 11.6 Å². The topological polar surface area (TPSA) is 86.8 Å². The van der Waals surface area contributed by atoms with E-state index in [1.807, 2.05) is 0 Å². The number of benzene rings is 2. The molecule has 2 amide bonds. The summed E-state index contributed by atoms with van der Waals surface area (Å²) in [6.07, 6.45) is 1.26. The smallest absolute Gasteiger partial charge is 0.242 e. The van der Waals surface area contributed by atoms with E-state index in [9.17, 15) is 26.8 Å². The van der Waals surface area contributed by atoms with Crippen LogP contribution in [-0.4, -0.2) is 51.0 Å². The Kier molecular flexibility index (Phi) is 10.3. The van der Waals surface area contributed by atoms with E-state index in [1.54, 1.807) is 25.1 Å². The van der Waals surface area contributed by atoms with Gasteiger partial charge in [0.05, 0.1) is 22.0 Å². The van der Waals surface area contributed by atoms with Gasteiger partial charge in [-0.1, -0.05) is 36.2 Å². The maximum absolute atomic E-state index is 13.7. The Morgan fingerprint density at radius 2 is 1.74 bits per heavy atom. The Balaban J connectivity index is 2.22. The van der Waals surface area contributed by atoms with Gasteiger partial charge in [0.2, 0.25) is 21.8 Å². The molecule has 0 heterocycles. The fourth-order valence-electron chi connectivity index (χ4n) is 3.56. The van der Waals surface area contributed by atoms with Crippen molar-refractivity contribution in [2.45, 2.75) is 38.8 Å². The zero-order valence-electron chi connectivity index (χ0n) is 19.5. The van der Waals surface area contributed by atoms with Gasteiger partial charge < -0.3 is 10.2 Å². The quantitative estimate of drug-likeness (QED) is 0.450. The molecule has 1 N–H and O–H groups in total. The molecule has 0 radical (unpaired) electrons. The fraction of sp³-hybridized carbons (Fsp3) is 0.391. The van der Waals surface area contributed by atoms with Crippen LogP contribution in [0.25, 0.3) is 0 Å². The van der Waals surface area contributed by atoms with Crippen molar-refractivity contribution in [2.75, 3.05) is 24.2 Å². The van der Waals surface area contributed by atoms with Crippen LogP contribution in [0.5, 0.6) is 0 Å². The number of amides is 2. The van der Waals surface area contributed by atoms with Crippen molar-refractivity contribution < 1.29 is 26.8 Å². The molecule has 0 fully saturated rings. The molecule has 2 aromatic carbocycles. The predicted molar refractivity (Wildman–Crippen MR) is 133 cm³/mol. The number of sulfonamides is 1. The highest BCUT2D eigenvalue weighted by Crippen LogP contribution is 2.25. The molecule has 35 heavy (non-hydrogen) atoms. The van der Waals surface area contributed by atoms with Gasteiger partial charge in [-0.05, 0) is 42.7 Å². The summed E-state index contributed by atoms with van der Waals surface area (Å²) in [6.45, 7) is 1.71. The number of rotatable bonds is 11. The molecule has 1 atom stereocenters. The average molecular weight is 550 g/mol. The van der Waals surface area contributed by atoms with Gasteiger partial charge in [0.25, 0.3) is 0 Å². The van der Waals surface area contributed by atoms with E-state index in [2.05, 4.69) is 5.32 Å². The lowest BCUT2D eigenvalue weighted by Gasteiger charge is -2.31. The molecule has 0 aromatic heterocycles. The highest BCUT2D eigenvalue weighted by molar-refractivity contribution is 7.92. The maximum atomic E-state index is 13.7. The van der Waals surface area contributed by atoms with Crippen molar-refractivity contribution in [3.8, 4) is 0 Å². The van der Waals surface area contributed by atoms with Crippen molar-refractivity contribution in [3.63, 3.8) is 0 Å². The van der Waals surface area contributed by atoms with E-state index in [0.29, 0.717) is 22.0 Å². The Morgan fingerprint density at radius 1 is 1.06 bits per heavy atom. The molecule has 0 bridgehead atoms. The first-order valence-electron chi connectivity index (χ1n) is 10.8. The Labute approximate surface area is 214 Å². The minimum Gasteiger partial charge on any atom is -0.357 e. The molecule has 0 aliphatic carbocycles. The molecule has 2 rings (SSSR count). The van der Waals surface area contributed by atoms with E-state index in [1.165, 1.54) is 11.9 Å². The molecule has 192 valence electrons. The number of carbonyl (C=O) groups excluding carboxylic acids is 2. The van der Waals surface area contributed by atoms with E-state index in [4.69, 9.17) is 23.2 Å². The Morgan fingerprint density at radius 3 is 2.29 bits per heavy atom. The van der Waals surface area contributed by atoms with Crippen molar-refractivity contribution in [2.24, 2.45) is 0 Å². The standard InChI is InChI=1S/C23H27Cl2F2N3O4S/c1-4-21(23(32)28-2)29(14-15-7-9-17(24)18(25)12-15)22(31)6-5-11-30(35(3,33)34)16-8-10-19(26)20(27)13-16/h7-10,12-13,21H,4-6,11,14H2,1-3H3,(H,28,32)/t21-/m0/s1. The fourth-order valence-corrected chi connectivity index (χ4v) is 4.84. The zero-order chi connectivity index (χ0) is 26.3. The van der Waals surface area contributed by atoms with Crippen LogP contribution in [0.3, 0.4) is 0 Å². The first-order valence-corrected chi connectivity index (χ1v) is 13.4. The summed E-state index contributed by atoms with van der Waals surface area (Å²) < 4.78 is 52.4. The van der Waals surface area contributed by atoms with Crippen LogP contribution in [0.15, 0.2) is 36.4 Å². The number of hydrogen-bond donors (Lipinski definition) is 1. The van der Waals surface area contributed by atoms with Crippen LogP contribution in [0.2, 0.25) is 10.0 Å². The summed E-state index contributed by atoms with van der Waals surface area (Å²) in [5.41, 5.74) is 0.609. The average Bonchev–Trinajstić information content (AvgIpc) is 2.79. The van der Waals surface area contributed by atoms with Gasteiger partial charge in [0, 0.05) is 32.6 Å². The number of nitrogens with one attached hydrogen (secondary N) is 1. The van der Waals surface area contributed by atoms with Crippen LogP contribution in [0.4, 0.5) is 14.5 Å². The Hall–Kier alpha value is -2.43. The normalized spacial score (nSPS) is 12.2. The summed E-state index contributed by atoms with van der Waals surface area (Å²) in [6, 6.07) is 6.90. The van der Waals surface area contributed by atoms with Gasteiger partial charge in [-0.3, -0.25) is 13.9 Å². The van der Waals surface area contributed by atoms with Crippen molar-refractivity contribution >= 4 is 50.7 Å². The first-order chi connectivity index (χ1) is 16.4. The molecule has 2 aromatic rings. The lowest BCUT2D eigenvalue weighted by atomic mass is 10.1. The molecule has 12 heteroatoms. The third kappa shape index (κ3) is 7.78. The van der Waals surface area contributed by atoms with Crippen LogP contribution in [0.1, 0.15) is 31.7 Å². The highest BCUT2D eigenvalue weighted by atomic mass is 35.5. The zero-order valence-corrected chi connectivity index (χ0v) is 21.9. The lowest BCUT2D eigenvalue weighted by molar-refractivity contribution is -0.141. The minimum absolute atomic E-state index is 0.0525. The second-order valence-electron chi connectivity index (χ2n) is 7.85. The number of hydrogen-bond acceptors (Lipinski definition) is 4. The van der Waals surface area contributed by atoms with Crippen molar-refractivity contribution in [3.05, 3.63) is 63.6 Å². The summed E-state index contributed by atoms with van der Waals surface area (Å²) in [7, 11) is -2.36. The van der Waals surface area contributed by atoms with E-state index in [0.717, 1.165) is 28.8 Å². The third-order valence-electron chi connectivity index (χ3n) is 5.31. The summed E-state index contributed by atoms with van der Waals surface area (Å²) >= 11 is 12.1. The molecule has 0 saturated heterocycles. The largest absolute Gasteiger partial charge is 0.357 e. The molecule has 0 unspecified atom stereocenters. The van der Waals surface area contributed by atoms with Crippen LogP contribution in [-0.2, 0) is 26.2 Å². The Bertz CT molecular complexity index is 1180. The molecule has 0 saturated carbocycles. The lowest BCUT2D eigenvalue weighted by Crippen LogP contribution is -2.48. The number of halogens is 4. The molecule has 0 aliphatic rings. The van der Waals surface area contributed by atoms with E-state index < -0.39 is 27.7 Å². The van der Waals surface area contributed by atoms with Crippen LogP contribution >= 0.6 is 23.2 Å². The summed E-state index contributed by atoms with van der Waals surface area (Å²) in [5, 5.41) is 3.21. The second-order valence-corrected chi connectivity index (χ2v) is 10.6. The van der Waals surface area contributed by atoms with E-state index >= 15 is 0 Å². The SMILES string of the molecule is CC[C@@H](C(=O)NC)N(Cc1ccc(Cl)c(Cl)c1)C(=O)CCCN(c1ccc(F)c(F)c1)S(C)(=O)=O. The summed E-state index contributed by atoms with van der Waals surface area (Å²) in [4.78, 5) is 27.1. The van der Waals surface area contributed by atoms with Gasteiger partial charge >= 0.3 is 0 Å². The number of carbonyl (C=O) groups is 2. The number of likely N-dealkylation sites (N-methyl/N-ethyl adjacent to an activating group) is 1. The predicted octanol–water partition coefficient (Wildman–Crippen LogP) is 4.37. The molecular formula is C23H27Cl2F2N3O4S. The van der Waals surface area contributed by atoms with Gasteiger partial charge in [-0.25, -0.2) is 17.2 Å². The molecular weight excluding hydrogens is 523 g/mol. The number of nitrogens with zero attached hydrogens (tertiary/aromatic N) is 2. The highest BCUT2D eigenvalue weighted by Gasteiger charge is 2.28. The van der Waals surface area contributed by atoms with Gasteiger partial charge in [0.1, 0.15) is 6.04 Å². The number of anilines is 1. The first kappa shape index (κ1) is 28.8.